The molecule has 1 aromatic heterocycles. The Bertz CT molecular complexity index is 1230. The van der Waals surface area contributed by atoms with Crippen LogP contribution in [-0.4, -0.2) is 16.1 Å². The number of hydrogen-bond donors (Lipinski definition) is 3. The summed E-state index contributed by atoms with van der Waals surface area (Å²) in [6.45, 7) is 0. The van der Waals surface area contributed by atoms with Crippen molar-refractivity contribution in [3.63, 3.8) is 0 Å². The quantitative estimate of drug-likeness (QED) is 0.544. The highest BCUT2D eigenvalue weighted by Gasteiger charge is 2.58. The highest BCUT2D eigenvalue weighted by Crippen LogP contribution is 2.55. The van der Waals surface area contributed by atoms with Crippen LogP contribution in [0.1, 0.15) is 11.1 Å². The summed E-state index contributed by atoms with van der Waals surface area (Å²) in [4.78, 5) is 13.4. The number of nitrogens with one attached hydrogen (secondary N) is 2. The third-order valence-electron chi connectivity index (χ3n) is 5.08. The fraction of sp³-hybridized carbons (Fsp3) is 0.0500. The zero-order valence-corrected chi connectivity index (χ0v) is 15.9. The molecule has 3 aromatic rings. The first kappa shape index (κ1) is 16.6. The van der Waals surface area contributed by atoms with Crippen LogP contribution in [0.4, 0.5) is 5.69 Å². The number of carbonyl (C=O) groups excluding carboxylic acids is 1. The summed E-state index contributed by atoms with van der Waals surface area (Å²) in [5.74, 6) is -0.328. The molecule has 1 unspecified atom stereocenters. The van der Waals surface area contributed by atoms with Gasteiger partial charge in [-0.3, -0.25) is 9.89 Å². The minimum absolute atomic E-state index is 0.0351. The number of nitriles is 1. The van der Waals surface area contributed by atoms with Crippen LogP contribution >= 0.6 is 15.9 Å². The summed E-state index contributed by atoms with van der Waals surface area (Å²) in [7, 11) is 0. The number of carbonyl (C=O) groups is 1. The summed E-state index contributed by atoms with van der Waals surface area (Å²) in [5.41, 5.74) is 7.75. The Kier molecular flexibility index (Phi) is 3.38. The number of halogens is 1. The molecule has 1 amide bonds. The SMILES string of the molecule is N#CC1=C(N)Oc2n[nH]c(-c3ccccc3)c2C12C(=O)Nc1ccc(Br)cc12. The molecule has 4 N–H and O–H groups in total. The van der Waals surface area contributed by atoms with E-state index in [1.54, 1.807) is 6.07 Å². The molecule has 0 fully saturated rings. The molecule has 136 valence electrons. The summed E-state index contributed by atoms with van der Waals surface area (Å²) in [5, 5.41) is 20.0. The van der Waals surface area contributed by atoms with Crippen molar-refractivity contribution < 1.29 is 9.53 Å². The van der Waals surface area contributed by atoms with Gasteiger partial charge in [0.1, 0.15) is 17.1 Å². The number of benzene rings is 2. The predicted molar refractivity (Wildman–Crippen MR) is 105 cm³/mol. The summed E-state index contributed by atoms with van der Waals surface area (Å²) >= 11 is 3.46. The van der Waals surface area contributed by atoms with Crippen LogP contribution in [0.3, 0.4) is 0 Å². The molecule has 2 aromatic carbocycles. The van der Waals surface area contributed by atoms with Gasteiger partial charge in [0, 0.05) is 21.3 Å². The molecule has 2 aliphatic rings. The number of nitrogens with two attached hydrogens (primary N) is 1. The lowest BCUT2D eigenvalue weighted by atomic mass is 9.68. The van der Waals surface area contributed by atoms with Crippen LogP contribution in [0.5, 0.6) is 5.88 Å². The van der Waals surface area contributed by atoms with Gasteiger partial charge in [-0.05, 0) is 18.2 Å². The predicted octanol–water partition coefficient (Wildman–Crippen LogP) is 3.16. The van der Waals surface area contributed by atoms with Crippen LogP contribution in [0.25, 0.3) is 11.3 Å². The van der Waals surface area contributed by atoms with E-state index in [0.29, 0.717) is 22.5 Å². The number of amides is 1. The Balaban J connectivity index is 1.92. The number of hydrogen-bond acceptors (Lipinski definition) is 5. The van der Waals surface area contributed by atoms with E-state index in [1.807, 2.05) is 42.5 Å². The van der Waals surface area contributed by atoms with Crippen LogP contribution < -0.4 is 15.8 Å². The largest absolute Gasteiger partial charge is 0.420 e. The zero-order valence-electron chi connectivity index (χ0n) is 14.3. The maximum absolute atomic E-state index is 13.4. The lowest BCUT2D eigenvalue weighted by Gasteiger charge is -2.32. The van der Waals surface area contributed by atoms with Gasteiger partial charge in [0.2, 0.25) is 17.7 Å². The summed E-state index contributed by atoms with van der Waals surface area (Å²) in [6.07, 6.45) is 0. The van der Waals surface area contributed by atoms with Crippen LogP contribution in [0, 0.1) is 11.3 Å². The monoisotopic (exact) mass is 433 g/mol. The van der Waals surface area contributed by atoms with E-state index in [-0.39, 0.29) is 23.2 Å². The van der Waals surface area contributed by atoms with E-state index >= 15 is 0 Å². The molecule has 3 heterocycles. The molecule has 0 radical (unpaired) electrons. The molecule has 1 spiro atoms. The fourth-order valence-electron chi connectivity index (χ4n) is 3.94. The average Bonchev–Trinajstić information content (AvgIpc) is 3.23. The molecule has 0 saturated heterocycles. The number of fused-ring (bicyclic) bond motifs is 4. The molecule has 2 aliphatic heterocycles. The van der Waals surface area contributed by atoms with E-state index in [4.69, 9.17) is 10.5 Å². The van der Waals surface area contributed by atoms with Gasteiger partial charge in [-0.15, -0.1) is 5.10 Å². The molecular formula is C20H12BrN5O2. The van der Waals surface area contributed by atoms with Crippen molar-refractivity contribution >= 4 is 27.5 Å². The first-order valence-electron chi connectivity index (χ1n) is 8.41. The van der Waals surface area contributed by atoms with Crippen molar-refractivity contribution in [2.24, 2.45) is 5.73 Å². The average molecular weight is 434 g/mol. The first-order valence-corrected chi connectivity index (χ1v) is 9.20. The second-order valence-electron chi connectivity index (χ2n) is 6.49. The second kappa shape index (κ2) is 5.71. The van der Waals surface area contributed by atoms with Crippen molar-refractivity contribution in [1.29, 1.82) is 5.26 Å². The number of aromatic amines is 1. The normalized spacial score (nSPS) is 19.6. The Morgan fingerprint density at radius 1 is 1.21 bits per heavy atom. The van der Waals surface area contributed by atoms with Crippen LogP contribution in [0.15, 0.2) is 64.5 Å². The van der Waals surface area contributed by atoms with Crippen molar-refractivity contribution in [2.45, 2.75) is 5.41 Å². The summed E-state index contributed by atoms with van der Waals surface area (Å²) < 4.78 is 6.39. The van der Waals surface area contributed by atoms with Crippen molar-refractivity contribution in [2.75, 3.05) is 5.32 Å². The van der Waals surface area contributed by atoms with Crippen molar-refractivity contribution in [3.05, 3.63) is 75.6 Å². The molecule has 5 rings (SSSR count). The lowest BCUT2D eigenvalue weighted by Crippen LogP contribution is -2.42. The van der Waals surface area contributed by atoms with Crippen LogP contribution in [-0.2, 0) is 10.2 Å². The molecule has 0 saturated carbocycles. The van der Waals surface area contributed by atoms with Gasteiger partial charge < -0.3 is 15.8 Å². The number of nitrogens with zero attached hydrogens (tertiary/aromatic N) is 2. The van der Waals surface area contributed by atoms with E-state index in [1.165, 1.54) is 0 Å². The molecular weight excluding hydrogens is 422 g/mol. The molecule has 0 bridgehead atoms. The van der Waals surface area contributed by atoms with Gasteiger partial charge in [0.25, 0.3) is 0 Å². The second-order valence-corrected chi connectivity index (χ2v) is 7.41. The number of ether oxygens (including phenoxy) is 1. The molecule has 0 aliphatic carbocycles. The molecule has 8 heteroatoms. The zero-order chi connectivity index (χ0) is 19.5. The van der Waals surface area contributed by atoms with E-state index in [0.717, 1.165) is 10.0 Å². The number of anilines is 1. The summed E-state index contributed by atoms with van der Waals surface area (Å²) in [6, 6.07) is 17.0. The van der Waals surface area contributed by atoms with Gasteiger partial charge in [-0.25, -0.2) is 0 Å². The van der Waals surface area contributed by atoms with E-state index in [9.17, 15) is 10.1 Å². The van der Waals surface area contributed by atoms with Gasteiger partial charge in [0.05, 0.1) is 11.3 Å². The van der Waals surface area contributed by atoms with Gasteiger partial charge in [-0.1, -0.05) is 46.3 Å². The fourth-order valence-corrected chi connectivity index (χ4v) is 4.30. The third kappa shape index (κ3) is 1.96. The van der Waals surface area contributed by atoms with Crippen LogP contribution in [0.2, 0.25) is 0 Å². The van der Waals surface area contributed by atoms with Crippen molar-refractivity contribution in [1.82, 2.24) is 10.2 Å². The molecule has 1 atom stereocenters. The number of rotatable bonds is 1. The minimum Gasteiger partial charge on any atom is -0.420 e. The Labute approximate surface area is 167 Å². The highest BCUT2D eigenvalue weighted by atomic mass is 79.9. The van der Waals surface area contributed by atoms with Gasteiger partial charge in [-0.2, -0.15) is 5.26 Å². The Hall–Kier alpha value is -3.57. The third-order valence-corrected chi connectivity index (χ3v) is 5.58. The molecule has 28 heavy (non-hydrogen) atoms. The topological polar surface area (TPSA) is 117 Å². The van der Waals surface area contributed by atoms with Crippen molar-refractivity contribution in [3.8, 4) is 23.2 Å². The lowest BCUT2D eigenvalue weighted by molar-refractivity contribution is -0.118. The first-order chi connectivity index (χ1) is 13.6. The van der Waals surface area contributed by atoms with E-state index < -0.39 is 5.41 Å². The highest BCUT2D eigenvalue weighted by molar-refractivity contribution is 9.10. The Morgan fingerprint density at radius 3 is 2.75 bits per heavy atom. The minimum atomic E-state index is -1.45. The smallest absolute Gasteiger partial charge is 0.245 e. The molecule has 7 nitrogen and oxygen atoms in total. The Morgan fingerprint density at radius 2 is 2.00 bits per heavy atom. The number of aromatic nitrogens is 2. The van der Waals surface area contributed by atoms with Gasteiger partial charge in [0.15, 0.2) is 0 Å². The van der Waals surface area contributed by atoms with E-state index in [2.05, 4.69) is 37.5 Å². The maximum atomic E-state index is 13.4. The maximum Gasteiger partial charge on any atom is 0.245 e. The standard InChI is InChI=1S/C20H12BrN5O2/c21-11-6-7-14-12(8-11)20(19(27)24-14)13(9-22)17(23)28-18-15(20)16(25-26-18)10-4-2-1-3-5-10/h1-8H,23H2,(H,24,27)(H,25,26). The van der Waals surface area contributed by atoms with Gasteiger partial charge >= 0.3 is 0 Å². The number of H-pyrrole nitrogens is 1.